The van der Waals surface area contributed by atoms with Crippen LogP contribution < -0.4 is 5.63 Å². The van der Waals surface area contributed by atoms with Gasteiger partial charge in [0, 0.05) is 10.6 Å². The van der Waals surface area contributed by atoms with E-state index in [9.17, 15) is 4.79 Å². The largest absolute Gasteiger partial charge is 0.422 e. The Morgan fingerprint density at radius 1 is 1.29 bits per heavy atom. The maximum Gasteiger partial charge on any atom is 0.350 e. The molecule has 3 rings (SSSR count). The fraction of sp³-hybridized carbons (Fsp3) is 0.0714. The molecule has 0 amide bonds. The van der Waals surface area contributed by atoms with Crippen molar-refractivity contribution < 1.29 is 4.42 Å². The van der Waals surface area contributed by atoms with E-state index in [1.54, 1.807) is 41.2 Å². The molecule has 3 aromatic rings. The lowest BCUT2D eigenvalue weighted by atomic mass is 10.1. The monoisotopic (exact) mass is 365 g/mol. The summed E-state index contributed by atoms with van der Waals surface area (Å²) in [4.78, 5) is 11.7. The Morgan fingerprint density at radius 2 is 2.10 bits per heavy atom. The van der Waals surface area contributed by atoms with Crippen molar-refractivity contribution in [3.05, 3.63) is 62.1 Å². The Labute approximate surface area is 133 Å². The van der Waals surface area contributed by atoms with Crippen molar-refractivity contribution in [3.63, 3.8) is 0 Å². The molecule has 7 heteroatoms. The van der Waals surface area contributed by atoms with Crippen molar-refractivity contribution >= 4 is 27.5 Å². The van der Waals surface area contributed by atoms with Crippen molar-refractivity contribution in [3.8, 4) is 17.0 Å². The lowest BCUT2D eigenvalue weighted by Crippen LogP contribution is -2.02. The minimum absolute atomic E-state index is 0.367. The zero-order valence-electron chi connectivity index (χ0n) is 10.9. The molecular weight excluding hydrogens is 358 g/mol. The number of halogens is 2. The summed E-state index contributed by atoms with van der Waals surface area (Å²) in [5, 5.41) is 8.54. The highest BCUT2D eigenvalue weighted by atomic mass is 79.9. The molecule has 0 spiro atoms. The van der Waals surface area contributed by atoms with Crippen LogP contribution in [0.4, 0.5) is 0 Å². The number of aryl methyl sites for hydroxylation is 1. The number of hydrogen-bond acceptors (Lipinski definition) is 4. The SMILES string of the molecule is Cc1cn(-c2ccc(Cl)cc2-c2ccc(Br)c(=O)o2)nn1. The van der Waals surface area contributed by atoms with Gasteiger partial charge in [-0.3, -0.25) is 0 Å². The first-order chi connectivity index (χ1) is 10.0. The molecule has 0 aliphatic heterocycles. The molecule has 0 saturated carbocycles. The molecule has 0 fully saturated rings. The van der Waals surface area contributed by atoms with E-state index in [2.05, 4.69) is 26.2 Å². The molecule has 1 aromatic carbocycles. The summed E-state index contributed by atoms with van der Waals surface area (Å²) < 4.78 is 7.28. The van der Waals surface area contributed by atoms with Gasteiger partial charge in [-0.2, -0.15) is 0 Å². The fourth-order valence-corrected chi connectivity index (χ4v) is 2.30. The second-order valence-corrected chi connectivity index (χ2v) is 5.69. The maximum atomic E-state index is 11.7. The van der Waals surface area contributed by atoms with Gasteiger partial charge in [0.15, 0.2) is 0 Å². The first-order valence-electron chi connectivity index (χ1n) is 6.03. The van der Waals surface area contributed by atoms with Crippen molar-refractivity contribution in [1.82, 2.24) is 15.0 Å². The number of nitrogens with zero attached hydrogens (tertiary/aromatic N) is 3. The van der Waals surface area contributed by atoms with Gasteiger partial charge in [-0.1, -0.05) is 16.8 Å². The molecule has 0 saturated heterocycles. The third-order valence-electron chi connectivity index (χ3n) is 2.86. The molecule has 0 aliphatic rings. The van der Waals surface area contributed by atoms with Crippen LogP contribution in [-0.2, 0) is 0 Å². The first kappa shape index (κ1) is 14.0. The summed E-state index contributed by atoms with van der Waals surface area (Å²) in [5.41, 5.74) is 1.73. The molecule has 5 nitrogen and oxygen atoms in total. The minimum atomic E-state index is -0.451. The summed E-state index contributed by atoms with van der Waals surface area (Å²) in [6.45, 7) is 1.85. The van der Waals surface area contributed by atoms with Gasteiger partial charge in [0.05, 0.1) is 17.6 Å². The predicted molar refractivity (Wildman–Crippen MR) is 82.8 cm³/mol. The Kier molecular flexibility index (Phi) is 3.65. The minimum Gasteiger partial charge on any atom is -0.422 e. The molecule has 0 atom stereocenters. The molecule has 0 unspecified atom stereocenters. The lowest BCUT2D eigenvalue weighted by molar-refractivity contribution is 0.521. The summed E-state index contributed by atoms with van der Waals surface area (Å²) >= 11 is 9.18. The van der Waals surface area contributed by atoms with E-state index in [0.29, 0.717) is 20.8 Å². The van der Waals surface area contributed by atoms with Gasteiger partial charge < -0.3 is 4.42 Å². The third-order valence-corrected chi connectivity index (χ3v) is 3.68. The van der Waals surface area contributed by atoms with Gasteiger partial charge >= 0.3 is 5.63 Å². The van der Waals surface area contributed by atoms with Gasteiger partial charge in [-0.05, 0) is 53.2 Å². The van der Waals surface area contributed by atoms with E-state index in [1.807, 2.05) is 6.92 Å². The van der Waals surface area contributed by atoms with Crippen LogP contribution in [0.5, 0.6) is 0 Å². The third kappa shape index (κ3) is 2.77. The van der Waals surface area contributed by atoms with Crippen molar-refractivity contribution in [2.75, 3.05) is 0 Å². The second kappa shape index (κ2) is 5.46. The zero-order valence-corrected chi connectivity index (χ0v) is 13.2. The standard InChI is InChI=1S/C14H9BrClN3O2/c1-8-7-19(18-17-8)12-4-2-9(16)6-10(12)13-5-3-11(15)14(20)21-13/h2-7H,1H3. The van der Waals surface area contributed by atoms with E-state index in [4.69, 9.17) is 16.0 Å². The van der Waals surface area contributed by atoms with Crippen molar-refractivity contribution in [1.29, 1.82) is 0 Å². The number of hydrogen-bond donors (Lipinski definition) is 0. The van der Waals surface area contributed by atoms with Crippen LogP contribution in [-0.4, -0.2) is 15.0 Å². The van der Waals surface area contributed by atoms with Crippen LogP contribution in [0.3, 0.4) is 0 Å². The van der Waals surface area contributed by atoms with Gasteiger partial charge in [-0.15, -0.1) is 5.10 Å². The second-order valence-electron chi connectivity index (χ2n) is 4.40. The van der Waals surface area contributed by atoms with Gasteiger partial charge in [0.1, 0.15) is 10.2 Å². The summed E-state index contributed by atoms with van der Waals surface area (Å²) in [7, 11) is 0. The Morgan fingerprint density at radius 3 is 2.76 bits per heavy atom. The lowest BCUT2D eigenvalue weighted by Gasteiger charge is -2.08. The van der Waals surface area contributed by atoms with E-state index in [0.717, 1.165) is 11.4 Å². The van der Waals surface area contributed by atoms with Gasteiger partial charge in [-0.25, -0.2) is 9.48 Å². The molecule has 21 heavy (non-hydrogen) atoms. The molecule has 0 N–H and O–H groups in total. The topological polar surface area (TPSA) is 60.9 Å². The number of benzene rings is 1. The molecule has 0 bridgehead atoms. The quantitative estimate of drug-likeness (QED) is 0.695. The van der Waals surface area contributed by atoms with E-state index >= 15 is 0 Å². The average Bonchev–Trinajstić information content (AvgIpc) is 2.88. The predicted octanol–water partition coefficient (Wildman–Crippen LogP) is 3.61. The van der Waals surface area contributed by atoms with Crippen LogP contribution >= 0.6 is 27.5 Å². The fourth-order valence-electron chi connectivity index (χ4n) is 1.91. The van der Waals surface area contributed by atoms with Gasteiger partial charge in [0.25, 0.3) is 0 Å². The number of rotatable bonds is 2. The highest BCUT2D eigenvalue weighted by Gasteiger charge is 2.13. The van der Waals surface area contributed by atoms with Crippen LogP contribution in [0, 0.1) is 6.92 Å². The maximum absolute atomic E-state index is 11.7. The number of aromatic nitrogens is 3. The average molecular weight is 367 g/mol. The zero-order chi connectivity index (χ0) is 15.0. The van der Waals surface area contributed by atoms with Gasteiger partial charge in [0.2, 0.25) is 0 Å². The normalized spacial score (nSPS) is 10.8. The molecule has 0 radical (unpaired) electrons. The van der Waals surface area contributed by atoms with Crippen molar-refractivity contribution in [2.24, 2.45) is 0 Å². The summed E-state index contributed by atoms with van der Waals surface area (Å²) in [5.74, 6) is 0.411. The Hall–Kier alpha value is -1.92. The molecule has 2 aromatic heterocycles. The Bertz CT molecular complexity index is 873. The molecule has 0 aliphatic carbocycles. The first-order valence-corrected chi connectivity index (χ1v) is 7.20. The highest BCUT2D eigenvalue weighted by molar-refractivity contribution is 9.10. The van der Waals surface area contributed by atoms with Crippen LogP contribution in [0.2, 0.25) is 5.02 Å². The summed E-state index contributed by atoms with van der Waals surface area (Å²) in [6, 6.07) is 8.60. The molecular formula is C14H9BrClN3O2. The smallest absolute Gasteiger partial charge is 0.350 e. The van der Waals surface area contributed by atoms with Crippen LogP contribution in [0.25, 0.3) is 17.0 Å². The van der Waals surface area contributed by atoms with E-state index < -0.39 is 5.63 Å². The van der Waals surface area contributed by atoms with Crippen LogP contribution in [0.1, 0.15) is 5.69 Å². The Balaban J connectivity index is 2.23. The van der Waals surface area contributed by atoms with E-state index in [1.165, 1.54) is 0 Å². The van der Waals surface area contributed by atoms with E-state index in [-0.39, 0.29) is 0 Å². The van der Waals surface area contributed by atoms with Crippen molar-refractivity contribution in [2.45, 2.75) is 6.92 Å². The highest BCUT2D eigenvalue weighted by Crippen LogP contribution is 2.29. The molecule has 106 valence electrons. The molecule has 2 heterocycles. The summed E-state index contributed by atoms with van der Waals surface area (Å²) in [6.07, 6.45) is 1.78. The van der Waals surface area contributed by atoms with Crippen LogP contribution in [0.15, 0.2) is 50.2 Å².